The summed E-state index contributed by atoms with van der Waals surface area (Å²) < 4.78 is 10.8. The normalized spacial score (nSPS) is 10.7. The topological polar surface area (TPSA) is 68.5 Å². The van der Waals surface area contributed by atoms with E-state index in [1.807, 2.05) is 17.5 Å². The van der Waals surface area contributed by atoms with E-state index in [1.54, 1.807) is 47.5 Å². The highest BCUT2D eigenvalue weighted by Gasteiger charge is 2.13. The van der Waals surface area contributed by atoms with Gasteiger partial charge in [-0.25, -0.2) is 0 Å². The van der Waals surface area contributed by atoms with Gasteiger partial charge in [0.25, 0.3) is 0 Å². The smallest absolute Gasteiger partial charge is 0.227 e. The highest BCUT2D eigenvalue weighted by atomic mass is 35.5. The first-order valence-electron chi connectivity index (χ1n) is 8.10. The summed E-state index contributed by atoms with van der Waals surface area (Å²) in [6.45, 7) is 0.901. The van der Waals surface area contributed by atoms with Crippen LogP contribution in [0.25, 0.3) is 10.7 Å². The van der Waals surface area contributed by atoms with Crippen molar-refractivity contribution in [1.82, 2.24) is 15.0 Å². The quantitative estimate of drug-likeness (QED) is 0.582. The zero-order valence-electron chi connectivity index (χ0n) is 14.2. The lowest BCUT2D eigenvalue weighted by Gasteiger charge is -2.17. The Kier molecular flexibility index (Phi) is 6.25. The van der Waals surface area contributed by atoms with Crippen LogP contribution in [0, 0.1) is 0 Å². The molecule has 0 atom stereocenters. The number of likely N-dealkylation sites (N-methyl/N-ethyl adjacent to an activating group) is 1. The second-order valence-corrected chi connectivity index (χ2v) is 6.99. The fourth-order valence-electron chi connectivity index (χ4n) is 2.22. The van der Waals surface area contributed by atoms with E-state index in [9.17, 15) is 4.79 Å². The molecular weight excluding hydrogens is 374 g/mol. The molecule has 136 valence electrons. The Morgan fingerprint density at radius 1 is 1.31 bits per heavy atom. The number of nitrogens with zero attached hydrogens (tertiary/aromatic N) is 3. The lowest BCUT2D eigenvalue weighted by molar-refractivity contribution is -0.130. The molecule has 0 bridgehead atoms. The molecule has 2 heterocycles. The maximum atomic E-state index is 12.2. The van der Waals surface area contributed by atoms with Crippen LogP contribution in [0.5, 0.6) is 5.75 Å². The fourth-order valence-corrected chi connectivity index (χ4v) is 3.00. The van der Waals surface area contributed by atoms with Gasteiger partial charge in [-0.1, -0.05) is 22.8 Å². The molecule has 0 N–H and O–H groups in total. The Hall–Kier alpha value is -2.38. The third kappa shape index (κ3) is 5.06. The van der Waals surface area contributed by atoms with Crippen molar-refractivity contribution in [3.63, 3.8) is 0 Å². The van der Waals surface area contributed by atoms with E-state index in [0.717, 1.165) is 10.6 Å². The number of hydrogen-bond donors (Lipinski definition) is 0. The standard InChI is InChI=1S/C18H18ClN3O3S/c1-22(10-11-24-14-6-4-13(19)5-7-14)17(23)9-8-16-20-18(21-25-16)15-3-2-12-26-15/h2-7,12H,8-11H2,1H3. The third-order valence-corrected chi connectivity index (χ3v) is 4.81. The molecule has 0 unspecified atom stereocenters. The monoisotopic (exact) mass is 391 g/mol. The summed E-state index contributed by atoms with van der Waals surface area (Å²) in [5.41, 5.74) is 0. The van der Waals surface area contributed by atoms with Gasteiger partial charge in [0.15, 0.2) is 0 Å². The summed E-state index contributed by atoms with van der Waals surface area (Å²) >= 11 is 7.37. The van der Waals surface area contributed by atoms with E-state index >= 15 is 0 Å². The second kappa shape index (κ2) is 8.82. The average molecular weight is 392 g/mol. The van der Waals surface area contributed by atoms with E-state index in [2.05, 4.69) is 10.1 Å². The van der Waals surface area contributed by atoms with Crippen LogP contribution < -0.4 is 4.74 Å². The number of rotatable bonds is 8. The molecule has 1 aromatic carbocycles. The second-order valence-electron chi connectivity index (χ2n) is 5.61. The summed E-state index contributed by atoms with van der Waals surface area (Å²) in [6, 6.07) is 11.0. The van der Waals surface area contributed by atoms with E-state index in [4.69, 9.17) is 20.9 Å². The van der Waals surface area contributed by atoms with Crippen molar-refractivity contribution < 1.29 is 14.1 Å². The SMILES string of the molecule is CN(CCOc1ccc(Cl)cc1)C(=O)CCc1nc(-c2cccs2)no1. The van der Waals surface area contributed by atoms with Crippen molar-refractivity contribution in [1.29, 1.82) is 0 Å². The molecule has 0 spiro atoms. The van der Waals surface area contributed by atoms with Gasteiger partial charge in [0.05, 0.1) is 11.4 Å². The Morgan fingerprint density at radius 3 is 2.85 bits per heavy atom. The molecule has 0 radical (unpaired) electrons. The molecule has 2 aromatic heterocycles. The van der Waals surface area contributed by atoms with Gasteiger partial charge < -0.3 is 14.2 Å². The minimum absolute atomic E-state index is 0.000537. The number of hydrogen-bond acceptors (Lipinski definition) is 6. The number of carbonyl (C=O) groups excluding carboxylic acids is 1. The van der Waals surface area contributed by atoms with Crippen molar-refractivity contribution >= 4 is 28.8 Å². The molecule has 1 amide bonds. The number of aromatic nitrogens is 2. The molecule has 3 aromatic rings. The predicted molar refractivity (Wildman–Crippen MR) is 101 cm³/mol. The maximum absolute atomic E-state index is 12.2. The third-order valence-electron chi connectivity index (χ3n) is 3.70. The molecule has 0 saturated heterocycles. The first-order chi connectivity index (χ1) is 12.6. The summed E-state index contributed by atoms with van der Waals surface area (Å²) in [6.07, 6.45) is 0.725. The molecular formula is C18H18ClN3O3S. The Bertz CT molecular complexity index is 834. The Morgan fingerprint density at radius 2 is 2.12 bits per heavy atom. The Labute approximate surface area is 160 Å². The number of thiophene rings is 1. The van der Waals surface area contributed by atoms with Gasteiger partial charge >= 0.3 is 0 Å². The molecule has 0 fully saturated rings. The summed E-state index contributed by atoms with van der Waals surface area (Å²) in [5.74, 6) is 1.75. The first-order valence-corrected chi connectivity index (χ1v) is 9.36. The van der Waals surface area contributed by atoms with Crippen molar-refractivity contribution in [2.45, 2.75) is 12.8 Å². The number of halogens is 1. The van der Waals surface area contributed by atoms with Gasteiger partial charge in [0, 0.05) is 24.9 Å². The summed E-state index contributed by atoms with van der Waals surface area (Å²) in [5, 5.41) is 6.56. The molecule has 3 rings (SSSR count). The van der Waals surface area contributed by atoms with Gasteiger partial charge in [-0.05, 0) is 35.7 Å². The van der Waals surface area contributed by atoms with E-state index in [0.29, 0.717) is 42.7 Å². The fraction of sp³-hybridized carbons (Fsp3) is 0.278. The van der Waals surface area contributed by atoms with Crippen molar-refractivity contribution in [3.8, 4) is 16.5 Å². The van der Waals surface area contributed by atoms with Crippen LogP contribution in [0.4, 0.5) is 0 Å². The summed E-state index contributed by atoms with van der Waals surface area (Å²) in [7, 11) is 1.75. The number of amides is 1. The number of aryl methyl sites for hydroxylation is 1. The molecule has 0 aliphatic carbocycles. The molecule has 6 nitrogen and oxygen atoms in total. The van der Waals surface area contributed by atoms with Gasteiger partial charge in [0.2, 0.25) is 17.6 Å². The highest BCUT2D eigenvalue weighted by molar-refractivity contribution is 7.13. The van der Waals surface area contributed by atoms with Crippen LogP contribution in [0.15, 0.2) is 46.3 Å². The van der Waals surface area contributed by atoms with Gasteiger partial charge in [-0.15, -0.1) is 11.3 Å². The van der Waals surface area contributed by atoms with Gasteiger partial charge in [0.1, 0.15) is 12.4 Å². The molecule has 8 heteroatoms. The van der Waals surface area contributed by atoms with Crippen molar-refractivity contribution in [3.05, 3.63) is 52.7 Å². The minimum Gasteiger partial charge on any atom is -0.492 e. The maximum Gasteiger partial charge on any atom is 0.227 e. The zero-order valence-corrected chi connectivity index (χ0v) is 15.8. The first kappa shape index (κ1) is 18.4. The van der Waals surface area contributed by atoms with Crippen LogP contribution in [-0.2, 0) is 11.2 Å². The number of benzene rings is 1. The highest BCUT2D eigenvalue weighted by Crippen LogP contribution is 2.21. The molecule has 0 aliphatic heterocycles. The lowest BCUT2D eigenvalue weighted by atomic mass is 10.3. The minimum atomic E-state index is 0.000537. The van der Waals surface area contributed by atoms with E-state index in [1.165, 1.54) is 0 Å². The molecule has 0 aliphatic rings. The Balaban J connectivity index is 1.40. The molecule has 26 heavy (non-hydrogen) atoms. The van der Waals surface area contributed by atoms with Gasteiger partial charge in [-0.2, -0.15) is 4.98 Å². The lowest BCUT2D eigenvalue weighted by Crippen LogP contribution is -2.31. The van der Waals surface area contributed by atoms with Crippen LogP contribution in [-0.4, -0.2) is 41.1 Å². The van der Waals surface area contributed by atoms with Crippen molar-refractivity contribution in [2.24, 2.45) is 0 Å². The largest absolute Gasteiger partial charge is 0.492 e. The predicted octanol–water partition coefficient (Wildman–Crippen LogP) is 3.92. The average Bonchev–Trinajstić information content (AvgIpc) is 3.32. The zero-order chi connectivity index (χ0) is 18.4. The van der Waals surface area contributed by atoms with E-state index in [-0.39, 0.29) is 5.91 Å². The van der Waals surface area contributed by atoms with Crippen LogP contribution in [0.2, 0.25) is 5.02 Å². The summed E-state index contributed by atoms with van der Waals surface area (Å²) in [4.78, 5) is 19.1. The number of ether oxygens (including phenoxy) is 1. The molecule has 0 saturated carbocycles. The number of carbonyl (C=O) groups is 1. The van der Waals surface area contributed by atoms with Crippen LogP contribution >= 0.6 is 22.9 Å². The van der Waals surface area contributed by atoms with Gasteiger partial charge in [-0.3, -0.25) is 4.79 Å². The van der Waals surface area contributed by atoms with E-state index < -0.39 is 0 Å². The van der Waals surface area contributed by atoms with Crippen LogP contribution in [0.3, 0.4) is 0 Å². The van der Waals surface area contributed by atoms with Crippen LogP contribution in [0.1, 0.15) is 12.3 Å². The van der Waals surface area contributed by atoms with Crippen molar-refractivity contribution in [2.75, 3.05) is 20.2 Å².